The van der Waals surface area contributed by atoms with Crippen molar-refractivity contribution >= 4 is 0 Å². The third-order valence-corrected chi connectivity index (χ3v) is 5.53. The van der Waals surface area contributed by atoms with Gasteiger partial charge in [0.25, 0.3) is 0 Å². The first kappa shape index (κ1) is 27.8. The second-order valence-corrected chi connectivity index (χ2v) is 8.63. The summed E-state index contributed by atoms with van der Waals surface area (Å²) in [6.07, 6.45) is 21.4. The minimum atomic E-state index is 0.552. The van der Waals surface area contributed by atoms with Gasteiger partial charge in [0.2, 0.25) is 0 Å². The third kappa shape index (κ3) is 12.7. The van der Waals surface area contributed by atoms with Crippen molar-refractivity contribution in [2.75, 3.05) is 26.4 Å². The Morgan fingerprint density at radius 1 is 0.647 bits per heavy atom. The van der Waals surface area contributed by atoms with Gasteiger partial charge in [0.1, 0.15) is 12.4 Å². The molecule has 1 heterocycles. The van der Waals surface area contributed by atoms with Crippen LogP contribution in [0.3, 0.4) is 0 Å². The first-order valence-corrected chi connectivity index (χ1v) is 13.2. The van der Waals surface area contributed by atoms with Gasteiger partial charge in [0, 0.05) is 18.8 Å². The standard InChI is InChI=1S/C29H44N2O3/c1-3-5-6-7-8-9-10-11-12-13-22-34-28-24-30-29(31-25-28)26-16-18-27(19-17-26)33-23-15-14-21-32-20-4-2/h12-13,16-19,24-25H,3-11,14-15,20-23H2,1-2H3/b13-12+. The number of aromatic nitrogens is 2. The molecule has 0 aliphatic heterocycles. The summed E-state index contributed by atoms with van der Waals surface area (Å²) in [5.74, 6) is 2.23. The molecule has 1 aromatic heterocycles. The van der Waals surface area contributed by atoms with Crippen LogP contribution >= 0.6 is 0 Å². The molecule has 5 nitrogen and oxygen atoms in total. The Bertz CT molecular complexity index is 760. The Balaban J connectivity index is 1.60. The van der Waals surface area contributed by atoms with Crippen LogP contribution in [0.25, 0.3) is 11.4 Å². The Morgan fingerprint density at radius 2 is 1.35 bits per heavy atom. The van der Waals surface area contributed by atoms with Crippen molar-refractivity contribution < 1.29 is 14.2 Å². The zero-order valence-corrected chi connectivity index (χ0v) is 21.3. The lowest BCUT2D eigenvalue weighted by Crippen LogP contribution is -2.01. The first-order chi connectivity index (χ1) is 16.8. The van der Waals surface area contributed by atoms with Gasteiger partial charge in [0.15, 0.2) is 11.6 Å². The second kappa shape index (κ2) is 19.0. The molecule has 34 heavy (non-hydrogen) atoms. The number of rotatable bonds is 20. The van der Waals surface area contributed by atoms with Gasteiger partial charge in [-0.05, 0) is 56.4 Å². The zero-order valence-electron chi connectivity index (χ0n) is 21.3. The molecule has 2 rings (SSSR count). The average Bonchev–Trinajstić information content (AvgIpc) is 2.87. The normalized spacial score (nSPS) is 11.2. The van der Waals surface area contributed by atoms with E-state index in [1.165, 1.54) is 44.9 Å². The van der Waals surface area contributed by atoms with Crippen LogP contribution in [-0.2, 0) is 4.74 Å². The fourth-order valence-corrected chi connectivity index (χ4v) is 3.53. The number of allylic oxidation sites excluding steroid dienone is 1. The van der Waals surface area contributed by atoms with Crippen LogP contribution in [0.15, 0.2) is 48.8 Å². The molecule has 0 aliphatic rings. The monoisotopic (exact) mass is 468 g/mol. The van der Waals surface area contributed by atoms with Gasteiger partial charge in [0.05, 0.1) is 19.0 Å². The van der Waals surface area contributed by atoms with E-state index in [4.69, 9.17) is 14.2 Å². The Kier molecular flexibility index (Phi) is 15.5. The lowest BCUT2D eigenvalue weighted by atomic mass is 10.1. The highest BCUT2D eigenvalue weighted by Gasteiger charge is 2.03. The maximum Gasteiger partial charge on any atom is 0.159 e. The number of hydrogen-bond acceptors (Lipinski definition) is 5. The Morgan fingerprint density at radius 3 is 2.09 bits per heavy atom. The average molecular weight is 469 g/mol. The molecule has 2 aromatic rings. The molecular formula is C29H44N2O3. The maximum absolute atomic E-state index is 5.81. The van der Waals surface area contributed by atoms with Gasteiger partial charge in [-0.3, -0.25) is 0 Å². The summed E-state index contributed by atoms with van der Waals surface area (Å²) in [6.45, 7) is 7.28. The van der Waals surface area contributed by atoms with Gasteiger partial charge in [-0.15, -0.1) is 0 Å². The minimum absolute atomic E-state index is 0.552. The molecule has 0 bridgehead atoms. The highest BCUT2D eigenvalue weighted by atomic mass is 16.5. The predicted octanol–water partition coefficient (Wildman–Crippen LogP) is 7.80. The molecule has 188 valence electrons. The third-order valence-electron chi connectivity index (χ3n) is 5.53. The van der Waals surface area contributed by atoms with Crippen molar-refractivity contribution in [3.05, 3.63) is 48.8 Å². The molecule has 5 heteroatoms. The van der Waals surface area contributed by atoms with E-state index in [1.807, 2.05) is 24.3 Å². The highest BCUT2D eigenvalue weighted by molar-refractivity contribution is 5.56. The van der Waals surface area contributed by atoms with Crippen molar-refractivity contribution in [2.24, 2.45) is 0 Å². The number of unbranched alkanes of at least 4 members (excludes halogenated alkanes) is 8. The molecule has 0 atom stereocenters. The van der Waals surface area contributed by atoms with Gasteiger partial charge < -0.3 is 14.2 Å². The van der Waals surface area contributed by atoms with Crippen LogP contribution < -0.4 is 9.47 Å². The van der Waals surface area contributed by atoms with Crippen LogP contribution in [0, 0.1) is 0 Å². The van der Waals surface area contributed by atoms with Crippen LogP contribution in [0.4, 0.5) is 0 Å². The van der Waals surface area contributed by atoms with Crippen molar-refractivity contribution in [3.8, 4) is 22.9 Å². The largest absolute Gasteiger partial charge is 0.494 e. The summed E-state index contributed by atoms with van der Waals surface area (Å²) >= 11 is 0. The van der Waals surface area contributed by atoms with Crippen LogP contribution in [0.5, 0.6) is 11.5 Å². The second-order valence-electron chi connectivity index (χ2n) is 8.63. The molecule has 0 spiro atoms. The maximum atomic E-state index is 5.81. The summed E-state index contributed by atoms with van der Waals surface area (Å²) in [5.41, 5.74) is 0.960. The van der Waals surface area contributed by atoms with Gasteiger partial charge in [-0.1, -0.05) is 64.5 Å². The summed E-state index contributed by atoms with van der Waals surface area (Å²) in [7, 11) is 0. The van der Waals surface area contributed by atoms with Crippen molar-refractivity contribution in [1.29, 1.82) is 0 Å². The van der Waals surface area contributed by atoms with Crippen LogP contribution in [0.2, 0.25) is 0 Å². The number of benzene rings is 1. The fourth-order valence-electron chi connectivity index (χ4n) is 3.53. The van der Waals surface area contributed by atoms with E-state index in [-0.39, 0.29) is 0 Å². The van der Waals surface area contributed by atoms with E-state index in [0.717, 1.165) is 50.2 Å². The molecule has 0 radical (unpaired) electrons. The van der Waals surface area contributed by atoms with Gasteiger partial charge >= 0.3 is 0 Å². The SMILES string of the molecule is CCCCCCCCC/C=C/COc1cnc(-c2ccc(OCCCCOCCC)cc2)nc1. The molecule has 0 amide bonds. The summed E-state index contributed by atoms with van der Waals surface area (Å²) in [4.78, 5) is 8.89. The number of nitrogens with zero attached hydrogens (tertiary/aromatic N) is 2. The van der Waals surface area contributed by atoms with Crippen LogP contribution in [0.1, 0.15) is 84.5 Å². The summed E-state index contributed by atoms with van der Waals surface area (Å²) < 4.78 is 17.0. The molecule has 0 N–H and O–H groups in total. The van der Waals surface area contributed by atoms with E-state index in [9.17, 15) is 0 Å². The first-order valence-electron chi connectivity index (χ1n) is 13.2. The quantitative estimate of drug-likeness (QED) is 0.146. The van der Waals surface area contributed by atoms with Gasteiger partial charge in [-0.2, -0.15) is 0 Å². The fraction of sp³-hybridized carbons (Fsp3) is 0.586. The molecule has 0 fully saturated rings. The number of hydrogen-bond donors (Lipinski definition) is 0. The van der Waals surface area contributed by atoms with E-state index in [1.54, 1.807) is 12.4 Å². The summed E-state index contributed by atoms with van der Waals surface area (Å²) in [5, 5.41) is 0. The molecule has 0 saturated heterocycles. The van der Waals surface area contributed by atoms with E-state index >= 15 is 0 Å². The van der Waals surface area contributed by atoms with Crippen molar-refractivity contribution in [3.63, 3.8) is 0 Å². The lowest BCUT2D eigenvalue weighted by molar-refractivity contribution is 0.127. The minimum Gasteiger partial charge on any atom is -0.494 e. The lowest BCUT2D eigenvalue weighted by Gasteiger charge is -2.08. The summed E-state index contributed by atoms with van der Waals surface area (Å²) in [6, 6.07) is 7.91. The molecule has 1 aromatic carbocycles. The Labute approximate surface area is 207 Å². The van der Waals surface area contributed by atoms with Gasteiger partial charge in [-0.25, -0.2) is 9.97 Å². The van der Waals surface area contributed by atoms with Crippen molar-refractivity contribution in [2.45, 2.75) is 84.5 Å². The van der Waals surface area contributed by atoms with E-state index < -0.39 is 0 Å². The predicted molar refractivity (Wildman–Crippen MR) is 141 cm³/mol. The van der Waals surface area contributed by atoms with Crippen LogP contribution in [-0.4, -0.2) is 36.4 Å². The zero-order chi connectivity index (χ0) is 24.1. The Hall–Kier alpha value is -2.40. The highest BCUT2D eigenvalue weighted by Crippen LogP contribution is 2.20. The molecule has 0 aliphatic carbocycles. The topological polar surface area (TPSA) is 53.5 Å². The van der Waals surface area contributed by atoms with E-state index in [2.05, 4.69) is 36.0 Å². The smallest absolute Gasteiger partial charge is 0.159 e. The number of ether oxygens (including phenoxy) is 3. The molecule has 0 unspecified atom stereocenters. The molecule has 0 saturated carbocycles. The molecular weight excluding hydrogens is 424 g/mol. The van der Waals surface area contributed by atoms with E-state index in [0.29, 0.717) is 24.8 Å². The van der Waals surface area contributed by atoms with Crippen molar-refractivity contribution in [1.82, 2.24) is 9.97 Å².